The second-order valence-electron chi connectivity index (χ2n) is 7.03. The molecule has 2 aromatic rings. The van der Waals surface area contributed by atoms with Gasteiger partial charge in [0.2, 0.25) is 0 Å². The van der Waals surface area contributed by atoms with Crippen LogP contribution in [0.15, 0.2) is 48.5 Å². The summed E-state index contributed by atoms with van der Waals surface area (Å²) in [5.41, 5.74) is 0.730. The predicted molar refractivity (Wildman–Crippen MR) is 106 cm³/mol. The van der Waals surface area contributed by atoms with Gasteiger partial charge < -0.3 is 19.8 Å². The Hall–Kier alpha value is -1.73. The maximum atomic E-state index is 13.5. The minimum atomic E-state index is -0.719. The first-order chi connectivity index (χ1) is 13.0. The largest absolute Gasteiger partial charge is 0.488 e. The molecule has 2 unspecified atom stereocenters. The molecular formula is C21H26ClF2NO3. The number of ether oxygens (including phenoxy) is 1. The third-order valence-corrected chi connectivity index (χ3v) is 5.03. The number of rotatable bonds is 7. The van der Waals surface area contributed by atoms with Gasteiger partial charge in [-0.25, -0.2) is 8.78 Å². The van der Waals surface area contributed by atoms with Crippen molar-refractivity contribution in [3.63, 3.8) is 0 Å². The summed E-state index contributed by atoms with van der Waals surface area (Å²) in [6, 6.07) is 12.1. The van der Waals surface area contributed by atoms with Gasteiger partial charge in [0.1, 0.15) is 18.5 Å². The lowest BCUT2D eigenvalue weighted by Gasteiger charge is -2.35. The van der Waals surface area contributed by atoms with Gasteiger partial charge in [-0.3, -0.25) is 0 Å². The zero-order valence-corrected chi connectivity index (χ0v) is 16.3. The molecule has 0 saturated carbocycles. The summed E-state index contributed by atoms with van der Waals surface area (Å²) in [7, 11) is 0. The third-order valence-electron chi connectivity index (χ3n) is 5.03. The molecule has 0 radical (unpaired) electrons. The number of aliphatic hydroxyl groups excluding tert-OH is 2. The van der Waals surface area contributed by atoms with Crippen molar-refractivity contribution < 1.29 is 23.7 Å². The van der Waals surface area contributed by atoms with Crippen LogP contribution in [0, 0.1) is 17.6 Å². The minimum Gasteiger partial charge on any atom is -0.488 e. The monoisotopic (exact) mass is 413 g/mol. The van der Waals surface area contributed by atoms with E-state index in [1.807, 2.05) is 0 Å². The SMILES string of the molecule is Cl.OC(COc1ccccc1F)CN1CCC(C(O)c2ccc(F)cc2)CC1. The summed E-state index contributed by atoms with van der Waals surface area (Å²) >= 11 is 0. The molecule has 0 aromatic heterocycles. The van der Waals surface area contributed by atoms with Gasteiger partial charge in [0.25, 0.3) is 0 Å². The molecule has 4 nitrogen and oxygen atoms in total. The van der Waals surface area contributed by atoms with Crippen molar-refractivity contribution in [2.24, 2.45) is 5.92 Å². The lowest BCUT2D eigenvalue weighted by molar-refractivity contribution is 0.0274. The van der Waals surface area contributed by atoms with Crippen molar-refractivity contribution >= 4 is 12.4 Å². The van der Waals surface area contributed by atoms with E-state index in [0.717, 1.165) is 31.5 Å². The van der Waals surface area contributed by atoms with Crippen LogP contribution in [0.3, 0.4) is 0 Å². The van der Waals surface area contributed by atoms with E-state index in [0.29, 0.717) is 6.54 Å². The molecule has 0 bridgehead atoms. The molecule has 2 N–H and O–H groups in total. The second kappa shape index (κ2) is 10.7. The second-order valence-corrected chi connectivity index (χ2v) is 7.03. The smallest absolute Gasteiger partial charge is 0.165 e. The molecule has 7 heteroatoms. The average molecular weight is 414 g/mol. The number of nitrogens with zero attached hydrogens (tertiary/aromatic N) is 1. The predicted octanol–water partition coefficient (Wildman–Crippen LogP) is 3.57. The van der Waals surface area contributed by atoms with Crippen LogP contribution in [0.4, 0.5) is 8.78 Å². The van der Waals surface area contributed by atoms with Crippen LogP contribution < -0.4 is 4.74 Å². The topological polar surface area (TPSA) is 52.9 Å². The van der Waals surface area contributed by atoms with Crippen LogP contribution in [-0.2, 0) is 0 Å². The molecule has 3 rings (SSSR count). The van der Waals surface area contributed by atoms with Gasteiger partial charge >= 0.3 is 0 Å². The number of benzene rings is 2. The fourth-order valence-electron chi connectivity index (χ4n) is 3.48. The van der Waals surface area contributed by atoms with Crippen molar-refractivity contribution in [1.82, 2.24) is 4.90 Å². The molecule has 1 aliphatic rings. The summed E-state index contributed by atoms with van der Waals surface area (Å²) < 4.78 is 31.9. The zero-order valence-electron chi connectivity index (χ0n) is 15.5. The highest BCUT2D eigenvalue weighted by atomic mass is 35.5. The Bertz CT molecular complexity index is 724. The van der Waals surface area contributed by atoms with E-state index in [-0.39, 0.29) is 36.5 Å². The van der Waals surface area contributed by atoms with Gasteiger partial charge in [-0.05, 0) is 61.7 Å². The van der Waals surface area contributed by atoms with E-state index < -0.39 is 18.0 Å². The van der Waals surface area contributed by atoms with Gasteiger partial charge in [0.05, 0.1) is 6.10 Å². The van der Waals surface area contributed by atoms with Crippen LogP contribution in [0.25, 0.3) is 0 Å². The maximum absolute atomic E-state index is 13.5. The fourth-order valence-corrected chi connectivity index (χ4v) is 3.48. The lowest BCUT2D eigenvalue weighted by atomic mass is 9.87. The lowest BCUT2D eigenvalue weighted by Crippen LogP contribution is -2.41. The molecule has 28 heavy (non-hydrogen) atoms. The van der Waals surface area contributed by atoms with E-state index in [1.54, 1.807) is 24.3 Å². The summed E-state index contributed by atoms with van der Waals surface area (Å²) in [6.45, 7) is 1.96. The minimum absolute atomic E-state index is 0. The molecule has 154 valence electrons. The number of β-amino-alcohol motifs (C(OH)–C–C–N with tert-alkyl or cyclic N) is 1. The Labute approximate surface area is 170 Å². The quantitative estimate of drug-likeness (QED) is 0.728. The molecule has 2 atom stereocenters. The van der Waals surface area contributed by atoms with Gasteiger partial charge in [-0.2, -0.15) is 0 Å². The van der Waals surface area contributed by atoms with Crippen LogP contribution in [-0.4, -0.2) is 47.5 Å². The molecule has 1 fully saturated rings. The molecular weight excluding hydrogens is 388 g/mol. The van der Waals surface area contributed by atoms with E-state index in [4.69, 9.17) is 4.74 Å². The maximum Gasteiger partial charge on any atom is 0.165 e. The molecule has 2 aromatic carbocycles. The highest BCUT2D eigenvalue weighted by Crippen LogP contribution is 2.30. The standard InChI is InChI=1S/C21H25F2NO3.ClH/c22-17-7-5-15(6-8-17)21(26)16-9-11-24(12-10-16)13-18(25)14-27-20-4-2-1-3-19(20)23;/h1-8,16,18,21,25-26H,9-14H2;1H. The van der Waals surface area contributed by atoms with Crippen molar-refractivity contribution in [3.05, 3.63) is 65.7 Å². The molecule has 0 spiro atoms. The van der Waals surface area contributed by atoms with Crippen LogP contribution >= 0.6 is 12.4 Å². The summed E-state index contributed by atoms with van der Waals surface area (Å²) in [6.07, 6.45) is 0.254. The summed E-state index contributed by atoms with van der Waals surface area (Å²) in [5.74, 6) is -0.510. The number of hydrogen-bond acceptors (Lipinski definition) is 4. The molecule has 1 heterocycles. The average Bonchev–Trinajstić information content (AvgIpc) is 2.68. The Balaban J connectivity index is 0.00000280. The van der Waals surface area contributed by atoms with Gasteiger partial charge in [0.15, 0.2) is 11.6 Å². The Morgan fingerprint density at radius 2 is 1.64 bits per heavy atom. The molecule has 0 aliphatic carbocycles. The first kappa shape index (κ1) is 22.6. The van der Waals surface area contributed by atoms with E-state index in [9.17, 15) is 19.0 Å². The molecule has 1 aliphatic heterocycles. The van der Waals surface area contributed by atoms with Gasteiger partial charge in [0, 0.05) is 6.54 Å². The molecule has 1 saturated heterocycles. The van der Waals surface area contributed by atoms with Crippen molar-refractivity contribution in [2.75, 3.05) is 26.2 Å². The van der Waals surface area contributed by atoms with Gasteiger partial charge in [-0.1, -0.05) is 24.3 Å². The Kier molecular flexibility index (Phi) is 8.63. The summed E-state index contributed by atoms with van der Waals surface area (Å²) in [5, 5.41) is 20.7. The van der Waals surface area contributed by atoms with Crippen LogP contribution in [0.5, 0.6) is 5.75 Å². The number of halogens is 3. The first-order valence-corrected chi connectivity index (χ1v) is 9.24. The number of aliphatic hydroxyl groups is 2. The highest BCUT2D eigenvalue weighted by Gasteiger charge is 2.27. The highest BCUT2D eigenvalue weighted by molar-refractivity contribution is 5.85. The van der Waals surface area contributed by atoms with Crippen molar-refractivity contribution in [3.8, 4) is 5.75 Å². The number of para-hydroxylation sites is 1. The van der Waals surface area contributed by atoms with Crippen LogP contribution in [0.2, 0.25) is 0 Å². The van der Waals surface area contributed by atoms with E-state index in [1.165, 1.54) is 24.3 Å². The van der Waals surface area contributed by atoms with E-state index in [2.05, 4.69) is 4.90 Å². The number of piperidine rings is 1. The van der Waals surface area contributed by atoms with Gasteiger partial charge in [-0.15, -0.1) is 12.4 Å². The number of hydrogen-bond donors (Lipinski definition) is 2. The zero-order chi connectivity index (χ0) is 19.2. The fraction of sp³-hybridized carbons (Fsp3) is 0.429. The first-order valence-electron chi connectivity index (χ1n) is 9.24. The van der Waals surface area contributed by atoms with E-state index >= 15 is 0 Å². The summed E-state index contributed by atoms with van der Waals surface area (Å²) in [4.78, 5) is 2.11. The Morgan fingerprint density at radius 3 is 2.29 bits per heavy atom. The van der Waals surface area contributed by atoms with Crippen LogP contribution in [0.1, 0.15) is 24.5 Å². The van der Waals surface area contributed by atoms with Crippen molar-refractivity contribution in [1.29, 1.82) is 0 Å². The van der Waals surface area contributed by atoms with Crippen molar-refractivity contribution in [2.45, 2.75) is 25.0 Å². The normalized spacial score (nSPS) is 17.6. The Morgan fingerprint density at radius 1 is 1.00 bits per heavy atom. The molecule has 0 amide bonds. The third kappa shape index (κ3) is 6.14. The number of likely N-dealkylation sites (tertiary alicyclic amines) is 1.